The molecule has 1 aromatic heterocycles. The quantitative estimate of drug-likeness (QED) is 0.551. The molecule has 0 bridgehead atoms. The Bertz CT molecular complexity index is 771. The number of morpholine rings is 1. The molecule has 3 aliphatic rings. The van der Waals surface area contributed by atoms with Gasteiger partial charge in [0.15, 0.2) is 0 Å². The maximum atomic E-state index is 12.6. The number of esters is 1. The molecule has 0 N–H and O–H groups in total. The van der Waals surface area contributed by atoms with E-state index >= 15 is 0 Å². The molecule has 0 radical (unpaired) electrons. The fraction of sp³-hybridized carbons (Fsp3) is 0.647. The van der Waals surface area contributed by atoms with E-state index < -0.39 is 10.0 Å². The van der Waals surface area contributed by atoms with Crippen molar-refractivity contribution in [2.75, 3.05) is 32.1 Å². The molecule has 7 nitrogen and oxygen atoms in total. The number of thioether (sulfide) groups is 1. The third-order valence-electron chi connectivity index (χ3n) is 5.37. The van der Waals surface area contributed by atoms with Crippen molar-refractivity contribution in [3.05, 3.63) is 18.3 Å². The second kappa shape index (κ2) is 7.10. The Kier molecular flexibility index (Phi) is 4.98. The lowest BCUT2D eigenvalue weighted by atomic mass is 9.67. The molecule has 1 unspecified atom stereocenters. The van der Waals surface area contributed by atoms with E-state index in [1.807, 2.05) is 0 Å². The number of nitrogens with zero attached hydrogens (tertiary/aromatic N) is 2. The molecule has 142 valence electrons. The molecule has 3 fully saturated rings. The number of cyclic esters (lactones) is 1. The molecule has 1 aliphatic carbocycles. The molecule has 1 spiro atoms. The normalized spacial score (nSPS) is 25.8. The minimum Gasteiger partial charge on any atom is -0.461 e. The van der Waals surface area contributed by atoms with Crippen molar-refractivity contribution in [1.29, 1.82) is 0 Å². The van der Waals surface area contributed by atoms with Crippen LogP contribution >= 0.6 is 11.8 Å². The number of rotatable bonds is 5. The van der Waals surface area contributed by atoms with Crippen molar-refractivity contribution in [2.45, 2.75) is 41.7 Å². The number of sulfonamides is 1. The van der Waals surface area contributed by atoms with Crippen LogP contribution in [0.4, 0.5) is 0 Å². The van der Waals surface area contributed by atoms with E-state index in [-0.39, 0.29) is 22.4 Å². The lowest BCUT2D eigenvalue weighted by Gasteiger charge is -2.33. The van der Waals surface area contributed by atoms with Crippen LogP contribution in [0.1, 0.15) is 25.7 Å². The second-order valence-corrected chi connectivity index (χ2v) is 10.0. The summed E-state index contributed by atoms with van der Waals surface area (Å²) in [5.74, 6) is 0.602. The molecule has 2 saturated heterocycles. The highest BCUT2D eigenvalue weighted by Gasteiger charge is 2.52. The number of hydrogen-bond donors (Lipinski definition) is 0. The number of carbonyl (C=O) groups is 1. The summed E-state index contributed by atoms with van der Waals surface area (Å²) in [6.07, 6.45) is 5.11. The van der Waals surface area contributed by atoms with Gasteiger partial charge in [-0.05, 0) is 25.0 Å². The van der Waals surface area contributed by atoms with Gasteiger partial charge in [0.25, 0.3) is 0 Å². The molecule has 2 aliphatic heterocycles. The summed E-state index contributed by atoms with van der Waals surface area (Å²) < 4.78 is 37.3. The van der Waals surface area contributed by atoms with Gasteiger partial charge in [-0.3, -0.25) is 4.79 Å². The molecule has 9 heteroatoms. The summed E-state index contributed by atoms with van der Waals surface area (Å²) in [6.45, 7) is 1.58. The molecule has 0 amide bonds. The van der Waals surface area contributed by atoms with Crippen LogP contribution < -0.4 is 0 Å². The van der Waals surface area contributed by atoms with E-state index in [1.165, 1.54) is 22.3 Å². The van der Waals surface area contributed by atoms with E-state index in [2.05, 4.69) is 4.98 Å². The molecular weight excluding hydrogens is 376 g/mol. The molecule has 1 atom stereocenters. The number of hydrogen-bond acceptors (Lipinski definition) is 7. The Balaban J connectivity index is 1.35. The number of carbonyl (C=O) groups excluding carboxylic acids is 1. The Morgan fingerprint density at radius 2 is 2.04 bits per heavy atom. The lowest BCUT2D eigenvalue weighted by Crippen LogP contribution is -2.40. The lowest BCUT2D eigenvalue weighted by molar-refractivity contribution is -0.151. The van der Waals surface area contributed by atoms with Crippen LogP contribution in [0.2, 0.25) is 0 Å². The smallest absolute Gasteiger partial charge is 0.312 e. The highest BCUT2D eigenvalue weighted by molar-refractivity contribution is 7.99. The van der Waals surface area contributed by atoms with E-state index in [0.717, 1.165) is 30.7 Å². The SMILES string of the molecule is O=C1OC(CSc2ccc(S(=O)(=O)N3CCOCC3)cn2)CC12CCC2. The highest BCUT2D eigenvalue weighted by atomic mass is 32.2. The number of ether oxygens (including phenoxy) is 2. The van der Waals surface area contributed by atoms with Gasteiger partial charge in [0.2, 0.25) is 10.0 Å². The molecule has 1 saturated carbocycles. The summed E-state index contributed by atoms with van der Waals surface area (Å²) in [5.41, 5.74) is -0.214. The van der Waals surface area contributed by atoms with Gasteiger partial charge in [-0.1, -0.05) is 6.42 Å². The predicted molar refractivity (Wildman–Crippen MR) is 95.3 cm³/mol. The van der Waals surface area contributed by atoms with Crippen molar-refractivity contribution >= 4 is 27.8 Å². The first-order chi connectivity index (χ1) is 12.5. The maximum Gasteiger partial charge on any atom is 0.312 e. The minimum absolute atomic E-state index is 0.0470. The van der Waals surface area contributed by atoms with Crippen molar-refractivity contribution in [1.82, 2.24) is 9.29 Å². The van der Waals surface area contributed by atoms with Crippen LogP contribution in [-0.2, 0) is 24.3 Å². The third-order valence-corrected chi connectivity index (χ3v) is 8.33. The van der Waals surface area contributed by atoms with E-state index in [0.29, 0.717) is 32.1 Å². The Labute approximate surface area is 157 Å². The summed E-state index contributed by atoms with van der Waals surface area (Å²) in [6, 6.07) is 3.31. The number of aromatic nitrogens is 1. The average Bonchev–Trinajstić information content (AvgIpc) is 2.98. The van der Waals surface area contributed by atoms with E-state index in [4.69, 9.17) is 9.47 Å². The van der Waals surface area contributed by atoms with Gasteiger partial charge in [-0.25, -0.2) is 13.4 Å². The van der Waals surface area contributed by atoms with Crippen molar-refractivity contribution in [3.63, 3.8) is 0 Å². The third kappa shape index (κ3) is 3.37. The van der Waals surface area contributed by atoms with Crippen LogP contribution in [0.5, 0.6) is 0 Å². The van der Waals surface area contributed by atoms with Crippen LogP contribution in [-0.4, -0.2) is 61.8 Å². The van der Waals surface area contributed by atoms with Gasteiger partial charge >= 0.3 is 5.97 Å². The van der Waals surface area contributed by atoms with Crippen molar-refractivity contribution < 1.29 is 22.7 Å². The van der Waals surface area contributed by atoms with Crippen LogP contribution in [0, 0.1) is 5.41 Å². The van der Waals surface area contributed by atoms with Crippen molar-refractivity contribution in [3.8, 4) is 0 Å². The second-order valence-electron chi connectivity index (χ2n) is 7.02. The Morgan fingerprint density at radius 3 is 2.62 bits per heavy atom. The molecule has 26 heavy (non-hydrogen) atoms. The monoisotopic (exact) mass is 398 g/mol. The summed E-state index contributed by atoms with van der Waals surface area (Å²) in [5, 5.41) is 0.733. The first-order valence-corrected chi connectivity index (χ1v) is 11.3. The van der Waals surface area contributed by atoms with Gasteiger partial charge in [-0.15, -0.1) is 11.8 Å². The first kappa shape index (κ1) is 18.2. The largest absolute Gasteiger partial charge is 0.461 e. The zero-order valence-electron chi connectivity index (χ0n) is 14.4. The van der Waals surface area contributed by atoms with E-state index in [9.17, 15) is 13.2 Å². The topological polar surface area (TPSA) is 85.8 Å². The van der Waals surface area contributed by atoms with Crippen LogP contribution in [0.25, 0.3) is 0 Å². The summed E-state index contributed by atoms with van der Waals surface area (Å²) in [7, 11) is -3.52. The fourth-order valence-electron chi connectivity index (χ4n) is 3.66. The standard InChI is InChI=1S/C17H22N2O5S2/c20-16-17(4-1-5-17)10-13(24-16)12-25-15-3-2-14(11-18-15)26(21,22)19-6-8-23-9-7-19/h2-3,11,13H,1,4-10,12H2. The average molecular weight is 399 g/mol. The van der Waals surface area contributed by atoms with Gasteiger partial charge in [0.05, 0.1) is 23.7 Å². The molecule has 0 aromatic carbocycles. The van der Waals surface area contributed by atoms with Crippen LogP contribution in [0.15, 0.2) is 28.3 Å². The molecular formula is C17H22N2O5S2. The fourth-order valence-corrected chi connectivity index (χ4v) is 5.85. The van der Waals surface area contributed by atoms with E-state index in [1.54, 1.807) is 12.1 Å². The van der Waals surface area contributed by atoms with Crippen molar-refractivity contribution in [2.24, 2.45) is 5.41 Å². The molecule has 3 heterocycles. The van der Waals surface area contributed by atoms with Gasteiger partial charge < -0.3 is 9.47 Å². The summed E-state index contributed by atoms with van der Waals surface area (Å²) in [4.78, 5) is 16.5. The summed E-state index contributed by atoms with van der Waals surface area (Å²) >= 11 is 1.49. The maximum absolute atomic E-state index is 12.6. The van der Waals surface area contributed by atoms with Crippen LogP contribution in [0.3, 0.4) is 0 Å². The molecule has 1 aromatic rings. The Hall–Kier alpha value is -1.16. The zero-order chi connectivity index (χ0) is 18.2. The molecule has 4 rings (SSSR count). The first-order valence-electron chi connectivity index (χ1n) is 8.87. The van der Waals surface area contributed by atoms with Gasteiger partial charge in [0, 0.05) is 31.5 Å². The van der Waals surface area contributed by atoms with Gasteiger partial charge in [0.1, 0.15) is 11.0 Å². The number of pyridine rings is 1. The zero-order valence-corrected chi connectivity index (χ0v) is 16.1. The van der Waals surface area contributed by atoms with Gasteiger partial charge in [-0.2, -0.15) is 4.31 Å². The highest BCUT2D eigenvalue weighted by Crippen LogP contribution is 2.50. The Morgan fingerprint density at radius 1 is 1.27 bits per heavy atom. The minimum atomic E-state index is -3.52. The predicted octanol–water partition coefficient (Wildman–Crippen LogP) is 1.68.